The van der Waals surface area contributed by atoms with Crippen LogP contribution in [0.25, 0.3) is 11.3 Å². The fourth-order valence-electron chi connectivity index (χ4n) is 3.70. The summed E-state index contributed by atoms with van der Waals surface area (Å²) in [6, 6.07) is 12.2. The molecule has 2 aromatic rings. The highest BCUT2D eigenvalue weighted by atomic mass is 16.2. The van der Waals surface area contributed by atoms with Crippen molar-refractivity contribution in [2.24, 2.45) is 0 Å². The zero-order valence-corrected chi connectivity index (χ0v) is 13.2. The molecule has 2 aliphatic rings. The van der Waals surface area contributed by atoms with E-state index in [0.717, 1.165) is 37.3 Å². The summed E-state index contributed by atoms with van der Waals surface area (Å²) in [5.74, 6) is 0.0891. The van der Waals surface area contributed by atoms with Crippen LogP contribution in [0, 0.1) is 0 Å². The molecule has 120 valence electrons. The largest absolute Gasteiger partial charge is 0.332 e. The van der Waals surface area contributed by atoms with Crippen LogP contribution in [0.2, 0.25) is 0 Å². The molecule has 2 saturated heterocycles. The summed E-state index contributed by atoms with van der Waals surface area (Å²) in [6.07, 6.45) is 3.58. The van der Waals surface area contributed by atoms with E-state index in [-0.39, 0.29) is 5.91 Å². The molecule has 5 heteroatoms. The molecule has 0 spiro atoms. The standard InChI is InChI=1S/C18H22N4O/c23-18(22-11-10-21-9-5-4-8-15(22)13-21)17-12-16(19-20-17)14-6-2-1-3-7-14/h1-3,6-7,12,15H,4-5,8-11,13H2,(H,19,20)/t15-/m0/s1. The number of nitrogens with one attached hydrogen (secondary N) is 1. The van der Waals surface area contributed by atoms with Gasteiger partial charge in [-0.25, -0.2) is 0 Å². The van der Waals surface area contributed by atoms with Crippen LogP contribution < -0.4 is 0 Å². The van der Waals surface area contributed by atoms with Gasteiger partial charge in [0.15, 0.2) is 0 Å². The maximum absolute atomic E-state index is 12.9. The van der Waals surface area contributed by atoms with Gasteiger partial charge in [0.05, 0.1) is 5.69 Å². The molecule has 1 amide bonds. The van der Waals surface area contributed by atoms with E-state index in [2.05, 4.69) is 15.1 Å². The molecule has 4 rings (SSSR count). The summed E-state index contributed by atoms with van der Waals surface area (Å²) in [5.41, 5.74) is 2.46. The van der Waals surface area contributed by atoms with E-state index in [4.69, 9.17) is 0 Å². The number of hydrogen-bond donors (Lipinski definition) is 1. The van der Waals surface area contributed by atoms with E-state index in [1.54, 1.807) is 0 Å². The Morgan fingerprint density at radius 3 is 2.87 bits per heavy atom. The van der Waals surface area contributed by atoms with Crippen LogP contribution in [0.3, 0.4) is 0 Å². The third-order valence-corrected chi connectivity index (χ3v) is 4.97. The van der Waals surface area contributed by atoms with Crippen molar-refractivity contribution in [2.45, 2.75) is 25.3 Å². The van der Waals surface area contributed by atoms with Gasteiger partial charge in [0.1, 0.15) is 5.69 Å². The highest BCUT2D eigenvalue weighted by Gasteiger charge is 2.32. The van der Waals surface area contributed by atoms with E-state index in [9.17, 15) is 4.79 Å². The highest BCUT2D eigenvalue weighted by Crippen LogP contribution is 2.23. The third-order valence-electron chi connectivity index (χ3n) is 4.97. The molecule has 5 nitrogen and oxygen atoms in total. The zero-order chi connectivity index (χ0) is 15.6. The smallest absolute Gasteiger partial charge is 0.272 e. The molecule has 1 unspecified atom stereocenters. The maximum Gasteiger partial charge on any atom is 0.272 e. The number of carbonyl (C=O) groups excluding carboxylic acids is 1. The summed E-state index contributed by atoms with van der Waals surface area (Å²) >= 11 is 0. The van der Waals surface area contributed by atoms with Crippen LogP contribution in [0.4, 0.5) is 0 Å². The number of hydrogen-bond acceptors (Lipinski definition) is 3. The van der Waals surface area contributed by atoms with Gasteiger partial charge < -0.3 is 4.90 Å². The fourth-order valence-corrected chi connectivity index (χ4v) is 3.70. The monoisotopic (exact) mass is 310 g/mol. The maximum atomic E-state index is 12.9. The Morgan fingerprint density at radius 2 is 2.00 bits per heavy atom. The first kappa shape index (κ1) is 14.5. The van der Waals surface area contributed by atoms with Crippen molar-refractivity contribution < 1.29 is 4.79 Å². The Labute approximate surface area is 136 Å². The van der Waals surface area contributed by atoms with E-state index < -0.39 is 0 Å². The van der Waals surface area contributed by atoms with E-state index in [1.165, 1.54) is 19.4 Å². The summed E-state index contributed by atoms with van der Waals surface area (Å²) < 4.78 is 0. The molecule has 23 heavy (non-hydrogen) atoms. The lowest BCUT2D eigenvalue weighted by molar-refractivity contribution is 0.0478. The van der Waals surface area contributed by atoms with Crippen molar-refractivity contribution in [1.82, 2.24) is 20.0 Å². The SMILES string of the molecule is O=C(c1cc(-c2ccccc2)n[nH]1)N1CCN2CCCC[C@H]1C2. The van der Waals surface area contributed by atoms with Crippen LogP contribution in [0.1, 0.15) is 29.8 Å². The van der Waals surface area contributed by atoms with Gasteiger partial charge >= 0.3 is 0 Å². The van der Waals surface area contributed by atoms with Crippen molar-refractivity contribution in [2.75, 3.05) is 26.2 Å². The lowest BCUT2D eigenvalue weighted by Gasteiger charge is -2.39. The second-order valence-electron chi connectivity index (χ2n) is 6.48. The molecule has 1 aromatic carbocycles. The van der Waals surface area contributed by atoms with Crippen molar-refractivity contribution >= 4 is 5.91 Å². The van der Waals surface area contributed by atoms with Crippen LogP contribution in [-0.4, -0.2) is 58.1 Å². The Balaban J connectivity index is 1.54. The molecule has 2 bridgehead atoms. The van der Waals surface area contributed by atoms with Gasteiger partial charge in [-0.2, -0.15) is 5.10 Å². The van der Waals surface area contributed by atoms with Crippen LogP contribution in [0.5, 0.6) is 0 Å². The number of benzene rings is 1. The molecule has 2 fully saturated rings. The summed E-state index contributed by atoms with van der Waals surface area (Å²) in [6.45, 7) is 4.01. The number of fused-ring (bicyclic) bond motifs is 2. The van der Waals surface area contributed by atoms with Gasteiger partial charge in [-0.3, -0.25) is 14.8 Å². The quantitative estimate of drug-likeness (QED) is 0.926. The first-order valence-corrected chi connectivity index (χ1v) is 8.45. The van der Waals surface area contributed by atoms with Gasteiger partial charge in [-0.1, -0.05) is 36.8 Å². The average Bonchev–Trinajstić information content (AvgIpc) is 3.02. The molecule has 0 aliphatic carbocycles. The minimum absolute atomic E-state index is 0.0891. The minimum Gasteiger partial charge on any atom is -0.332 e. The van der Waals surface area contributed by atoms with E-state index >= 15 is 0 Å². The first-order chi connectivity index (χ1) is 11.3. The van der Waals surface area contributed by atoms with Gasteiger partial charge in [0, 0.05) is 31.2 Å². The van der Waals surface area contributed by atoms with Crippen molar-refractivity contribution in [1.29, 1.82) is 0 Å². The zero-order valence-electron chi connectivity index (χ0n) is 13.2. The van der Waals surface area contributed by atoms with Crippen LogP contribution >= 0.6 is 0 Å². The van der Waals surface area contributed by atoms with Gasteiger partial charge in [-0.15, -0.1) is 0 Å². The predicted octanol–water partition coefficient (Wildman–Crippen LogP) is 2.39. The Bertz CT molecular complexity index is 681. The van der Waals surface area contributed by atoms with Crippen molar-refractivity contribution in [3.05, 3.63) is 42.1 Å². The molecule has 1 N–H and O–H groups in total. The summed E-state index contributed by atoms with van der Waals surface area (Å²) in [4.78, 5) is 17.4. The number of carbonyl (C=O) groups is 1. The molecular weight excluding hydrogens is 288 g/mol. The number of H-pyrrole nitrogens is 1. The number of nitrogens with zero attached hydrogens (tertiary/aromatic N) is 3. The lowest BCUT2D eigenvalue weighted by Crippen LogP contribution is -2.54. The normalized spacial score (nSPS) is 24.3. The third kappa shape index (κ3) is 2.88. The average molecular weight is 310 g/mol. The molecule has 2 aliphatic heterocycles. The van der Waals surface area contributed by atoms with Crippen molar-refractivity contribution in [3.8, 4) is 11.3 Å². The lowest BCUT2D eigenvalue weighted by atomic mass is 10.1. The molecule has 3 heterocycles. The number of amides is 1. The van der Waals surface area contributed by atoms with Gasteiger partial charge in [0.2, 0.25) is 0 Å². The number of aromatic amines is 1. The molecule has 2 atom stereocenters. The number of rotatable bonds is 2. The molecule has 0 saturated carbocycles. The predicted molar refractivity (Wildman–Crippen MR) is 89.1 cm³/mol. The number of aromatic nitrogens is 2. The van der Waals surface area contributed by atoms with Crippen molar-refractivity contribution in [3.63, 3.8) is 0 Å². The van der Waals surface area contributed by atoms with Crippen LogP contribution in [-0.2, 0) is 0 Å². The Morgan fingerprint density at radius 1 is 1.13 bits per heavy atom. The molecule has 1 aromatic heterocycles. The Hall–Kier alpha value is -2.14. The summed E-state index contributed by atoms with van der Waals surface area (Å²) in [7, 11) is 0. The first-order valence-electron chi connectivity index (χ1n) is 8.45. The minimum atomic E-state index is 0.0891. The van der Waals surface area contributed by atoms with Crippen LogP contribution in [0.15, 0.2) is 36.4 Å². The molecular formula is C18H22N4O. The topological polar surface area (TPSA) is 52.2 Å². The van der Waals surface area contributed by atoms with Gasteiger partial charge in [0.25, 0.3) is 5.91 Å². The fraction of sp³-hybridized carbons (Fsp3) is 0.444. The summed E-state index contributed by atoms with van der Waals surface area (Å²) in [5, 5.41) is 7.25. The second-order valence-corrected chi connectivity index (χ2v) is 6.48. The Kier molecular flexibility index (Phi) is 3.87. The second kappa shape index (κ2) is 6.16. The number of piperazine rings is 1. The highest BCUT2D eigenvalue weighted by molar-refractivity contribution is 5.93. The van der Waals surface area contributed by atoms with E-state index in [1.807, 2.05) is 41.3 Å². The molecule has 0 radical (unpaired) electrons. The van der Waals surface area contributed by atoms with Gasteiger partial charge in [-0.05, 0) is 25.5 Å². The van der Waals surface area contributed by atoms with E-state index in [0.29, 0.717) is 11.7 Å².